The molecule has 1 nitrogen and oxygen atoms in total. The Bertz CT molecular complexity index is 88.5. The van der Waals surface area contributed by atoms with E-state index in [2.05, 4.69) is 19.3 Å². The van der Waals surface area contributed by atoms with E-state index in [1.54, 1.807) is 5.97 Å². The van der Waals surface area contributed by atoms with E-state index in [1.165, 1.54) is 0 Å². The third kappa shape index (κ3) is 3.66. The van der Waals surface area contributed by atoms with Gasteiger partial charge in [-0.2, -0.15) is 0 Å². The second-order valence-electron chi connectivity index (χ2n) is 1.65. The van der Waals surface area contributed by atoms with Gasteiger partial charge in [0.1, 0.15) is 0 Å². The summed E-state index contributed by atoms with van der Waals surface area (Å²) in [7, 11) is 5.58. The van der Waals surface area contributed by atoms with Crippen LogP contribution in [0.2, 0.25) is 0 Å². The first-order valence-electron chi connectivity index (χ1n) is 2.80. The van der Waals surface area contributed by atoms with Crippen LogP contribution in [0.1, 0.15) is 6.92 Å². The molecule has 0 aromatic rings. The zero-order valence-electron chi connectivity index (χ0n) is 5.59. The Balaban J connectivity index is 3.35. The van der Waals surface area contributed by atoms with Crippen molar-refractivity contribution < 1.29 is 0 Å². The fraction of sp³-hybridized carbons (Fsp3) is 0.500. The minimum atomic E-state index is 1.05. The number of nitrogens with zero attached hydrogens (tertiary/aromatic N) is 1. The average molecular weight is 109 g/mol. The molecule has 0 amide bonds. The summed E-state index contributed by atoms with van der Waals surface area (Å²) in [6, 6.07) is 0. The number of hydrogen-bond acceptors (Lipinski definition) is 1. The van der Waals surface area contributed by atoms with Crippen molar-refractivity contribution in [2.75, 3.05) is 13.6 Å². The number of hydrogen-bond donors (Lipinski definition) is 0. The molecule has 0 heterocycles. The molecule has 0 atom stereocenters. The molecule has 0 aliphatic carbocycles. The van der Waals surface area contributed by atoms with Gasteiger partial charge in [0.2, 0.25) is 0 Å². The fourth-order valence-electron chi connectivity index (χ4n) is 0.313. The Morgan fingerprint density at radius 2 is 2.25 bits per heavy atom. The van der Waals surface area contributed by atoms with Crippen LogP contribution in [0.5, 0.6) is 0 Å². The van der Waals surface area contributed by atoms with Crippen LogP contribution in [-0.2, 0) is 0 Å². The number of rotatable bonds is 3. The molecule has 0 aromatic heterocycles. The van der Waals surface area contributed by atoms with Crippen LogP contribution in [-0.4, -0.2) is 31.9 Å². The van der Waals surface area contributed by atoms with Gasteiger partial charge in [-0.25, -0.2) is 0 Å². The fourth-order valence-corrected chi connectivity index (χ4v) is 0.313. The summed E-state index contributed by atoms with van der Waals surface area (Å²) in [6.07, 6.45) is 3.91. The molecular formula is C6H12BN. The van der Waals surface area contributed by atoms with Crippen molar-refractivity contribution in [3.63, 3.8) is 0 Å². The summed E-state index contributed by atoms with van der Waals surface area (Å²) in [5.74, 6) is 1.77. The molecule has 0 fully saturated rings. The first kappa shape index (κ1) is 7.47. The summed E-state index contributed by atoms with van der Waals surface area (Å²) in [5, 5.41) is 0. The van der Waals surface area contributed by atoms with Crippen LogP contribution in [0.15, 0.2) is 12.3 Å². The predicted octanol–water partition coefficient (Wildman–Crippen LogP) is 0.155. The van der Waals surface area contributed by atoms with Gasteiger partial charge >= 0.3 is 51.1 Å². The summed E-state index contributed by atoms with van der Waals surface area (Å²) >= 11 is 0. The molecule has 0 saturated heterocycles. The second kappa shape index (κ2) is 4.63. The van der Waals surface area contributed by atoms with E-state index in [0.717, 1.165) is 6.54 Å². The SMILES string of the molecule is B=C/C=C\N(C)CC. The number of allylic oxidation sites excluding steroid dienone is 1. The Labute approximate surface area is 52.1 Å². The maximum absolute atomic E-state index is 3.55. The molecular weight excluding hydrogens is 96.9 g/mol. The standard InChI is InChI=1S/C6H12BN/c1-3-8(2)6-4-5-7/h4-7H,3H2,1-2H3/b6-4-. The van der Waals surface area contributed by atoms with E-state index >= 15 is 0 Å². The van der Waals surface area contributed by atoms with Gasteiger partial charge in [-0.05, 0) is 0 Å². The summed E-state index contributed by atoms with van der Waals surface area (Å²) in [6.45, 7) is 3.15. The zero-order valence-corrected chi connectivity index (χ0v) is 5.59. The van der Waals surface area contributed by atoms with E-state index < -0.39 is 0 Å². The monoisotopic (exact) mass is 109 g/mol. The van der Waals surface area contributed by atoms with Gasteiger partial charge in [0.25, 0.3) is 0 Å². The normalized spacial score (nSPS) is 9.62. The first-order chi connectivity index (χ1) is 3.81. The minimum absolute atomic E-state index is 1.05. The zero-order chi connectivity index (χ0) is 6.41. The molecule has 0 unspecified atom stereocenters. The average Bonchev–Trinajstić information content (AvgIpc) is 1.83. The van der Waals surface area contributed by atoms with E-state index in [9.17, 15) is 0 Å². The van der Waals surface area contributed by atoms with Gasteiger partial charge in [-0.1, -0.05) is 0 Å². The molecule has 0 saturated carbocycles. The van der Waals surface area contributed by atoms with E-state index in [1.807, 2.05) is 19.3 Å². The van der Waals surface area contributed by atoms with Crippen LogP contribution in [0.3, 0.4) is 0 Å². The van der Waals surface area contributed by atoms with E-state index in [-0.39, 0.29) is 0 Å². The van der Waals surface area contributed by atoms with Crippen molar-refractivity contribution in [3.05, 3.63) is 12.3 Å². The Hall–Kier alpha value is -0.525. The second-order valence-corrected chi connectivity index (χ2v) is 1.65. The van der Waals surface area contributed by atoms with Crippen LogP contribution >= 0.6 is 0 Å². The predicted molar refractivity (Wildman–Crippen MR) is 40.7 cm³/mol. The molecule has 0 aliphatic heterocycles. The summed E-state index contributed by atoms with van der Waals surface area (Å²) < 4.78 is 0. The molecule has 0 spiro atoms. The van der Waals surface area contributed by atoms with Crippen molar-refractivity contribution in [1.29, 1.82) is 0 Å². The van der Waals surface area contributed by atoms with Gasteiger partial charge in [0.05, 0.1) is 0 Å². The molecule has 0 aromatic carbocycles. The molecule has 0 rings (SSSR count). The maximum atomic E-state index is 3.55. The van der Waals surface area contributed by atoms with Gasteiger partial charge in [0.15, 0.2) is 0 Å². The van der Waals surface area contributed by atoms with Gasteiger partial charge in [-0.3, -0.25) is 0 Å². The Morgan fingerprint density at radius 1 is 1.62 bits per heavy atom. The summed E-state index contributed by atoms with van der Waals surface area (Å²) in [5.41, 5.74) is 0. The molecule has 0 bridgehead atoms. The molecule has 0 radical (unpaired) electrons. The quantitative estimate of drug-likeness (QED) is 0.466. The molecule has 0 aliphatic rings. The van der Waals surface area contributed by atoms with Crippen molar-refractivity contribution in [2.24, 2.45) is 0 Å². The van der Waals surface area contributed by atoms with E-state index in [4.69, 9.17) is 0 Å². The van der Waals surface area contributed by atoms with Crippen molar-refractivity contribution >= 4 is 13.5 Å². The third-order valence-corrected chi connectivity index (χ3v) is 0.975. The van der Waals surface area contributed by atoms with Gasteiger partial charge < -0.3 is 0 Å². The Morgan fingerprint density at radius 3 is 2.62 bits per heavy atom. The van der Waals surface area contributed by atoms with E-state index in [0.29, 0.717) is 0 Å². The van der Waals surface area contributed by atoms with Crippen LogP contribution in [0, 0.1) is 0 Å². The van der Waals surface area contributed by atoms with Crippen LogP contribution < -0.4 is 0 Å². The molecule has 44 valence electrons. The van der Waals surface area contributed by atoms with Crippen LogP contribution in [0.25, 0.3) is 0 Å². The summed E-state index contributed by atoms with van der Waals surface area (Å²) in [4.78, 5) is 2.08. The Kier molecular flexibility index (Phi) is 4.33. The van der Waals surface area contributed by atoms with Gasteiger partial charge in [0, 0.05) is 0 Å². The molecule has 0 N–H and O–H groups in total. The van der Waals surface area contributed by atoms with Crippen molar-refractivity contribution in [2.45, 2.75) is 6.92 Å². The molecule has 8 heavy (non-hydrogen) atoms. The van der Waals surface area contributed by atoms with Gasteiger partial charge in [-0.15, -0.1) is 0 Å². The first-order valence-corrected chi connectivity index (χ1v) is 2.80. The van der Waals surface area contributed by atoms with Crippen LogP contribution in [0.4, 0.5) is 0 Å². The van der Waals surface area contributed by atoms with Crippen molar-refractivity contribution in [1.82, 2.24) is 4.90 Å². The van der Waals surface area contributed by atoms with Crippen molar-refractivity contribution in [3.8, 4) is 0 Å². The molecule has 2 heteroatoms. The topological polar surface area (TPSA) is 3.24 Å². The third-order valence-electron chi connectivity index (χ3n) is 0.975.